The summed E-state index contributed by atoms with van der Waals surface area (Å²) in [5, 5.41) is 11.7. The third-order valence-electron chi connectivity index (χ3n) is 1.85. The minimum atomic E-state index is 0.349. The van der Waals surface area contributed by atoms with Gasteiger partial charge in [-0.2, -0.15) is 5.26 Å². The zero-order chi connectivity index (χ0) is 9.40. The van der Waals surface area contributed by atoms with Crippen molar-refractivity contribution in [1.29, 1.82) is 5.26 Å². The number of hydrogen-bond acceptors (Lipinski definition) is 2. The Labute approximate surface area is 76.0 Å². The fourth-order valence-corrected chi connectivity index (χ4v) is 1.07. The second-order valence-electron chi connectivity index (χ2n) is 3.75. The highest BCUT2D eigenvalue weighted by Crippen LogP contribution is 2.02. The number of nitrogens with one attached hydrogen (secondary N) is 1. The third-order valence-corrected chi connectivity index (χ3v) is 1.85. The van der Waals surface area contributed by atoms with E-state index in [0.717, 1.165) is 12.5 Å². The lowest BCUT2D eigenvalue weighted by Gasteiger charge is -2.10. The van der Waals surface area contributed by atoms with Crippen LogP contribution in [0.1, 0.15) is 40.0 Å². The molecule has 1 N–H and O–H groups in total. The fourth-order valence-electron chi connectivity index (χ4n) is 1.07. The summed E-state index contributed by atoms with van der Waals surface area (Å²) in [5.41, 5.74) is 0. The maximum Gasteiger partial charge on any atom is 0.0638 e. The Morgan fingerprint density at radius 1 is 1.33 bits per heavy atom. The van der Waals surface area contributed by atoms with Gasteiger partial charge in [-0.25, -0.2) is 0 Å². The van der Waals surface area contributed by atoms with Crippen LogP contribution in [0.4, 0.5) is 0 Å². The van der Waals surface area contributed by atoms with E-state index in [1.165, 1.54) is 12.8 Å². The Morgan fingerprint density at radius 2 is 2.00 bits per heavy atom. The maximum atomic E-state index is 8.39. The Bertz CT molecular complexity index is 135. The minimum absolute atomic E-state index is 0.349. The molecule has 0 aromatic rings. The predicted molar refractivity (Wildman–Crippen MR) is 51.8 cm³/mol. The fraction of sp³-hybridized carbons (Fsp3) is 0.900. The van der Waals surface area contributed by atoms with Crippen molar-refractivity contribution >= 4 is 0 Å². The first-order valence-electron chi connectivity index (χ1n) is 4.77. The number of rotatable bonds is 6. The summed E-state index contributed by atoms with van der Waals surface area (Å²) in [6.45, 7) is 7.57. The summed E-state index contributed by atoms with van der Waals surface area (Å²) in [7, 11) is 0. The summed E-state index contributed by atoms with van der Waals surface area (Å²) >= 11 is 0. The summed E-state index contributed by atoms with van der Waals surface area (Å²) in [6, 6.07) is 2.50. The summed E-state index contributed by atoms with van der Waals surface area (Å²) < 4.78 is 0. The lowest BCUT2D eigenvalue weighted by molar-refractivity contribution is 0.492. The van der Waals surface area contributed by atoms with Crippen molar-refractivity contribution in [2.24, 2.45) is 5.92 Å². The number of hydrogen-bond donors (Lipinski definition) is 1. The standard InChI is InChI=1S/C10H20N2/c1-9(2)5-4-8-12-10(3)6-7-11/h9-10,12H,4-6,8H2,1-3H3. The van der Waals surface area contributed by atoms with E-state index in [2.05, 4.69) is 32.2 Å². The van der Waals surface area contributed by atoms with Crippen LogP contribution in [0.25, 0.3) is 0 Å². The molecule has 0 saturated carbocycles. The normalized spacial score (nSPS) is 12.9. The van der Waals surface area contributed by atoms with Gasteiger partial charge in [-0.3, -0.25) is 0 Å². The van der Waals surface area contributed by atoms with Gasteiger partial charge < -0.3 is 5.32 Å². The van der Waals surface area contributed by atoms with E-state index < -0.39 is 0 Å². The van der Waals surface area contributed by atoms with Crippen LogP contribution in [0, 0.1) is 17.2 Å². The van der Waals surface area contributed by atoms with Gasteiger partial charge in [0.25, 0.3) is 0 Å². The Kier molecular flexibility index (Phi) is 6.79. The van der Waals surface area contributed by atoms with Crippen LogP contribution in [-0.2, 0) is 0 Å². The summed E-state index contributed by atoms with van der Waals surface area (Å²) in [5.74, 6) is 0.790. The Balaban J connectivity index is 3.15. The number of nitriles is 1. The Morgan fingerprint density at radius 3 is 2.50 bits per heavy atom. The van der Waals surface area contributed by atoms with Crippen molar-refractivity contribution < 1.29 is 0 Å². The molecule has 1 atom stereocenters. The monoisotopic (exact) mass is 168 g/mol. The molecule has 70 valence electrons. The molecule has 0 radical (unpaired) electrons. The minimum Gasteiger partial charge on any atom is -0.313 e. The molecule has 0 aliphatic rings. The van der Waals surface area contributed by atoms with Gasteiger partial charge in [-0.05, 0) is 32.2 Å². The highest BCUT2D eigenvalue weighted by Gasteiger charge is 1.99. The molecule has 0 heterocycles. The molecule has 0 bridgehead atoms. The van der Waals surface area contributed by atoms with E-state index >= 15 is 0 Å². The maximum absolute atomic E-state index is 8.39. The van der Waals surface area contributed by atoms with E-state index in [1.807, 2.05) is 0 Å². The Hall–Kier alpha value is -0.550. The van der Waals surface area contributed by atoms with Crippen molar-refractivity contribution in [3.05, 3.63) is 0 Å². The molecule has 0 saturated heterocycles. The first-order chi connectivity index (χ1) is 5.66. The molecular weight excluding hydrogens is 148 g/mol. The van der Waals surface area contributed by atoms with E-state index in [4.69, 9.17) is 5.26 Å². The molecule has 0 aliphatic heterocycles. The van der Waals surface area contributed by atoms with Gasteiger partial charge >= 0.3 is 0 Å². The van der Waals surface area contributed by atoms with Gasteiger partial charge in [-0.15, -0.1) is 0 Å². The van der Waals surface area contributed by atoms with Crippen LogP contribution >= 0.6 is 0 Å². The van der Waals surface area contributed by atoms with Crippen LogP contribution in [-0.4, -0.2) is 12.6 Å². The van der Waals surface area contributed by atoms with Crippen molar-refractivity contribution in [2.75, 3.05) is 6.54 Å². The van der Waals surface area contributed by atoms with Crippen LogP contribution in [0.5, 0.6) is 0 Å². The van der Waals surface area contributed by atoms with Crippen LogP contribution in [0.15, 0.2) is 0 Å². The third kappa shape index (κ3) is 7.56. The van der Waals surface area contributed by atoms with Crippen molar-refractivity contribution in [2.45, 2.75) is 46.1 Å². The SMILES string of the molecule is CC(C)CCCNC(C)CC#N. The van der Waals surface area contributed by atoms with Gasteiger partial charge in [0.05, 0.1) is 12.5 Å². The molecule has 2 nitrogen and oxygen atoms in total. The zero-order valence-electron chi connectivity index (χ0n) is 8.43. The van der Waals surface area contributed by atoms with Crippen molar-refractivity contribution in [3.63, 3.8) is 0 Å². The molecular formula is C10H20N2. The average molecular weight is 168 g/mol. The predicted octanol–water partition coefficient (Wildman–Crippen LogP) is 2.31. The van der Waals surface area contributed by atoms with E-state index in [0.29, 0.717) is 12.5 Å². The van der Waals surface area contributed by atoms with Crippen molar-refractivity contribution in [3.8, 4) is 6.07 Å². The van der Waals surface area contributed by atoms with Gasteiger partial charge in [0, 0.05) is 6.04 Å². The zero-order valence-corrected chi connectivity index (χ0v) is 8.43. The van der Waals surface area contributed by atoms with Crippen molar-refractivity contribution in [1.82, 2.24) is 5.32 Å². The van der Waals surface area contributed by atoms with Gasteiger partial charge in [0.1, 0.15) is 0 Å². The van der Waals surface area contributed by atoms with Gasteiger partial charge in [0.2, 0.25) is 0 Å². The molecule has 0 aliphatic carbocycles. The first kappa shape index (κ1) is 11.4. The highest BCUT2D eigenvalue weighted by molar-refractivity contribution is 4.77. The van der Waals surface area contributed by atoms with E-state index in [1.54, 1.807) is 0 Å². The van der Waals surface area contributed by atoms with Gasteiger partial charge in [-0.1, -0.05) is 13.8 Å². The largest absolute Gasteiger partial charge is 0.313 e. The van der Waals surface area contributed by atoms with E-state index in [9.17, 15) is 0 Å². The number of nitrogens with zero attached hydrogens (tertiary/aromatic N) is 1. The molecule has 12 heavy (non-hydrogen) atoms. The lowest BCUT2D eigenvalue weighted by Crippen LogP contribution is -2.26. The second kappa shape index (κ2) is 7.12. The van der Waals surface area contributed by atoms with Crippen LogP contribution in [0.3, 0.4) is 0 Å². The molecule has 2 heteroatoms. The first-order valence-corrected chi connectivity index (χ1v) is 4.77. The summed E-state index contributed by atoms with van der Waals surface area (Å²) in [4.78, 5) is 0. The van der Waals surface area contributed by atoms with Crippen LogP contribution in [0.2, 0.25) is 0 Å². The molecule has 1 unspecified atom stereocenters. The lowest BCUT2D eigenvalue weighted by atomic mass is 10.1. The molecule has 0 fully saturated rings. The van der Waals surface area contributed by atoms with Crippen LogP contribution < -0.4 is 5.32 Å². The average Bonchev–Trinajstić information content (AvgIpc) is 1.98. The quantitative estimate of drug-likeness (QED) is 0.618. The topological polar surface area (TPSA) is 35.8 Å². The molecule has 0 aromatic heterocycles. The van der Waals surface area contributed by atoms with Gasteiger partial charge in [0.15, 0.2) is 0 Å². The molecule has 0 amide bonds. The molecule has 0 spiro atoms. The van der Waals surface area contributed by atoms with E-state index in [-0.39, 0.29) is 0 Å². The second-order valence-corrected chi connectivity index (χ2v) is 3.75. The smallest absolute Gasteiger partial charge is 0.0638 e. The molecule has 0 rings (SSSR count). The highest BCUT2D eigenvalue weighted by atomic mass is 14.9. The summed E-state index contributed by atoms with van der Waals surface area (Å²) in [6.07, 6.45) is 3.10. The molecule has 0 aromatic carbocycles.